The van der Waals surface area contributed by atoms with Crippen LogP contribution in [-0.4, -0.2) is 32.8 Å². The average molecular weight is 340 g/mol. The van der Waals surface area contributed by atoms with Crippen LogP contribution in [0.4, 0.5) is 0 Å². The maximum atomic E-state index is 11.7. The normalized spacial score (nSPS) is 10.5. The van der Waals surface area contributed by atoms with Crippen LogP contribution in [0.1, 0.15) is 21.5 Å². The van der Waals surface area contributed by atoms with Gasteiger partial charge in [0.15, 0.2) is 0 Å². The topological polar surface area (TPSA) is 61.8 Å². The third kappa shape index (κ3) is 5.80. The van der Waals surface area contributed by atoms with Crippen LogP contribution in [0.5, 0.6) is 5.75 Å². The standard InChI is InChI=1S/C20H20O5/c1-23-18-10-5-16(6-11-18)13-14-25-19(21)12-7-15-3-8-17(9-4-15)20(22)24-2/h3-12H,13-14H2,1-2H3/b12-7+. The molecule has 130 valence electrons. The smallest absolute Gasteiger partial charge is 0.337 e. The maximum absolute atomic E-state index is 11.7. The summed E-state index contributed by atoms with van der Waals surface area (Å²) >= 11 is 0. The molecule has 0 spiro atoms. The molecule has 0 aliphatic carbocycles. The molecule has 5 nitrogen and oxygen atoms in total. The zero-order valence-corrected chi connectivity index (χ0v) is 14.2. The van der Waals surface area contributed by atoms with Gasteiger partial charge in [-0.15, -0.1) is 0 Å². The molecule has 0 saturated carbocycles. The van der Waals surface area contributed by atoms with Crippen LogP contribution in [0.3, 0.4) is 0 Å². The SMILES string of the molecule is COC(=O)c1ccc(/C=C/C(=O)OCCc2ccc(OC)cc2)cc1. The Morgan fingerprint density at radius 1 is 0.960 bits per heavy atom. The molecule has 0 saturated heterocycles. The third-order valence-corrected chi connectivity index (χ3v) is 3.54. The second kappa shape index (κ2) is 9.27. The maximum Gasteiger partial charge on any atom is 0.337 e. The van der Waals surface area contributed by atoms with Gasteiger partial charge >= 0.3 is 11.9 Å². The zero-order chi connectivity index (χ0) is 18.1. The van der Waals surface area contributed by atoms with Crippen LogP contribution in [-0.2, 0) is 20.7 Å². The van der Waals surface area contributed by atoms with Gasteiger partial charge in [0.2, 0.25) is 0 Å². The lowest BCUT2D eigenvalue weighted by atomic mass is 10.1. The largest absolute Gasteiger partial charge is 0.497 e. The fourth-order valence-corrected chi connectivity index (χ4v) is 2.12. The summed E-state index contributed by atoms with van der Waals surface area (Å²) in [5.74, 6) is -0.0130. The summed E-state index contributed by atoms with van der Waals surface area (Å²) < 4.78 is 14.9. The zero-order valence-electron chi connectivity index (χ0n) is 14.2. The summed E-state index contributed by atoms with van der Waals surface area (Å²) in [4.78, 5) is 23.1. The van der Waals surface area contributed by atoms with Crippen LogP contribution in [0, 0.1) is 0 Å². The van der Waals surface area contributed by atoms with Crippen LogP contribution in [0.15, 0.2) is 54.6 Å². The van der Waals surface area contributed by atoms with Gasteiger partial charge in [-0.3, -0.25) is 0 Å². The van der Waals surface area contributed by atoms with E-state index in [4.69, 9.17) is 9.47 Å². The molecular weight excluding hydrogens is 320 g/mol. The van der Waals surface area contributed by atoms with Crippen molar-refractivity contribution in [1.29, 1.82) is 0 Å². The summed E-state index contributed by atoms with van der Waals surface area (Å²) in [6.45, 7) is 0.302. The fourth-order valence-electron chi connectivity index (χ4n) is 2.12. The molecule has 5 heteroatoms. The number of hydrogen-bond donors (Lipinski definition) is 0. The predicted octanol–water partition coefficient (Wildman–Crippen LogP) is 3.28. The van der Waals surface area contributed by atoms with Crippen molar-refractivity contribution >= 4 is 18.0 Å². The third-order valence-electron chi connectivity index (χ3n) is 3.54. The molecule has 0 N–H and O–H groups in total. The predicted molar refractivity (Wildman–Crippen MR) is 94.5 cm³/mol. The van der Waals surface area contributed by atoms with E-state index in [1.165, 1.54) is 13.2 Å². The van der Waals surface area contributed by atoms with Crippen LogP contribution in [0.2, 0.25) is 0 Å². The quantitative estimate of drug-likeness (QED) is 0.572. The fraction of sp³-hybridized carbons (Fsp3) is 0.200. The number of methoxy groups -OCH3 is 2. The van der Waals surface area contributed by atoms with Crippen LogP contribution in [0.25, 0.3) is 6.08 Å². The minimum Gasteiger partial charge on any atom is -0.497 e. The summed E-state index contributed by atoms with van der Waals surface area (Å²) in [5.41, 5.74) is 2.32. The Labute approximate surface area is 146 Å². The molecule has 2 aromatic rings. The van der Waals surface area contributed by atoms with Crippen molar-refractivity contribution in [2.24, 2.45) is 0 Å². The first-order valence-electron chi connectivity index (χ1n) is 7.78. The van der Waals surface area contributed by atoms with Crippen molar-refractivity contribution in [3.05, 3.63) is 71.3 Å². The Morgan fingerprint density at radius 2 is 1.64 bits per heavy atom. The average Bonchev–Trinajstić information content (AvgIpc) is 2.66. The lowest BCUT2D eigenvalue weighted by Crippen LogP contribution is -2.04. The molecule has 0 aromatic heterocycles. The van der Waals surface area contributed by atoms with E-state index >= 15 is 0 Å². The molecule has 0 fully saturated rings. The van der Waals surface area contributed by atoms with Gasteiger partial charge in [-0.25, -0.2) is 9.59 Å². The number of carbonyl (C=O) groups is 2. The lowest BCUT2D eigenvalue weighted by Gasteiger charge is -2.04. The molecule has 0 aliphatic rings. The Bertz CT molecular complexity index is 730. The molecule has 0 radical (unpaired) electrons. The number of hydrogen-bond acceptors (Lipinski definition) is 5. The monoisotopic (exact) mass is 340 g/mol. The highest BCUT2D eigenvalue weighted by molar-refractivity contribution is 5.90. The molecule has 0 amide bonds. The van der Waals surface area contributed by atoms with E-state index in [-0.39, 0.29) is 0 Å². The van der Waals surface area contributed by atoms with Crippen molar-refractivity contribution in [2.75, 3.05) is 20.8 Å². The highest BCUT2D eigenvalue weighted by Crippen LogP contribution is 2.12. The number of benzene rings is 2. The van der Waals surface area contributed by atoms with E-state index < -0.39 is 11.9 Å². The molecule has 2 aromatic carbocycles. The summed E-state index contributed by atoms with van der Waals surface area (Å²) in [6.07, 6.45) is 3.63. The second-order valence-electron chi connectivity index (χ2n) is 5.21. The molecule has 0 aliphatic heterocycles. The van der Waals surface area contributed by atoms with Gasteiger partial charge in [0, 0.05) is 12.5 Å². The first-order valence-corrected chi connectivity index (χ1v) is 7.78. The molecular formula is C20H20O5. The van der Waals surface area contributed by atoms with E-state index in [1.807, 2.05) is 24.3 Å². The highest BCUT2D eigenvalue weighted by atomic mass is 16.5. The van der Waals surface area contributed by atoms with Crippen LogP contribution >= 0.6 is 0 Å². The number of ether oxygens (including phenoxy) is 3. The first kappa shape index (κ1) is 18.3. The van der Waals surface area contributed by atoms with Gasteiger partial charge in [0.25, 0.3) is 0 Å². The Balaban J connectivity index is 1.79. The van der Waals surface area contributed by atoms with Crippen molar-refractivity contribution in [3.63, 3.8) is 0 Å². The number of rotatable bonds is 7. The van der Waals surface area contributed by atoms with Crippen molar-refractivity contribution in [1.82, 2.24) is 0 Å². The Hall–Kier alpha value is -3.08. The summed E-state index contributed by atoms with van der Waals surface area (Å²) in [5, 5.41) is 0. The van der Waals surface area contributed by atoms with Gasteiger partial charge in [0.1, 0.15) is 5.75 Å². The summed E-state index contributed by atoms with van der Waals surface area (Å²) in [7, 11) is 2.95. The van der Waals surface area contributed by atoms with Crippen molar-refractivity contribution in [2.45, 2.75) is 6.42 Å². The van der Waals surface area contributed by atoms with Crippen molar-refractivity contribution < 1.29 is 23.8 Å². The lowest BCUT2D eigenvalue weighted by molar-refractivity contribution is -0.137. The Morgan fingerprint density at radius 3 is 2.24 bits per heavy atom. The van der Waals surface area contributed by atoms with Crippen LogP contribution < -0.4 is 4.74 Å². The van der Waals surface area contributed by atoms with Crippen molar-refractivity contribution in [3.8, 4) is 5.75 Å². The van der Waals surface area contributed by atoms with E-state index in [0.717, 1.165) is 16.9 Å². The minimum absolute atomic E-state index is 0.302. The second-order valence-corrected chi connectivity index (χ2v) is 5.21. The van der Waals surface area contributed by atoms with E-state index in [0.29, 0.717) is 18.6 Å². The van der Waals surface area contributed by atoms with Gasteiger partial charge in [-0.1, -0.05) is 24.3 Å². The van der Waals surface area contributed by atoms with Gasteiger partial charge in [0.05, 0.1) is 26.4 Å². The van der Waals surface area contributed by atoms with E-state index in [9.17, 15) is 9.59 Å². The van der Waals surface area contributed by atoms with E-state index in [1.54, 1.807) is 37.5 Å². The molecule has 0 atom stereocenters. The first-order chi connectivity index (χ1) is 12.1. The molecule has 25 heavy (non-hydrogen) atoms. The highest BCUT2D eigenvalue weighted by Gasteiger charge is 2.04. The number of carbonyl (C=O) groups excluding carboxylic acids is 2. The minimum atomic E-state index is -0.412. The van der Waals surface area contributed by atoms with Gasteiger partial charge in [-0.05, 0) is 41.5 Å². The molecule has 2 rings (SSSR count). The molecule has 0 heterocycles. The molecule has 0 unspecified atom stereocenters. The van der Waals surface area contributed by atoms with E-state index in [2.05, 4.69) is 4.74 Å². The molecule has 0 bridgehead atoms. The summed E-state index contributed by atoms with van der Waals surface area (Å²) in [6, 6.07) is 14.3. The Kier molecular flexibility index (Phi) is 6.77. The van der Waals surface area contributed by atoms with Gasteiger partial charge in [-0.2, -0.15) is 0 Å². The van der Waals surface area contributed by atoms with Gasteiger partial charge < -0.3 is 14.2 Å². The number of esters is 2.